The quantitative estimate of drug-likeness (QED) is 0.376. The average Bonchev–Trinajstić information content (AvgIpc) is 3.45. The maximum Gasteiger partial charge on any atom is 0.220 e. The second kappa shape index (κ2) is 8.01. The van der Waals surface area contributed by atoms with Crippen molar-refractivity contribution in [3.63, 3.8) is 0 Å². The second-order valence-electron chi connectivity index (χ2n) is 11.2. The van der Waals surface area contributed by atoms with Crippen molar-refractivity contribution < 1.29 is 4.57 Å². The first kappa shape index (κ1) is 20.5. The Bertz CT molecular complexity index is 1170. The van der Waals surface area contributed by atoms with Gasteiger partial charge in [-0.2, -0.15) is 0 Å². The molecule has 1 heterocycles. The van der Waals surface area contributed by atoms with Crippen LogP contribution in [0.1, 0.15) is 91.9 Å². The molecule has 0 aliphatic heterocycles. The van der Waals surface area contributed by atoms with Crippen LogP contribution in [0.15, 0.2) is 42.6 Å². The zero-order valence-electron chi connectivity index (χ0n) is 20.2. The molecular formula is C31H38N+. The summed E-state index contributed by atoms with van der Waals surface area (Å²) in [6.07, 6.45) is 15.0. The van der Waals surface area contributed by atoms with Gasteiger partial charge in [-0.05, 0) is 109 Å². The molecule has 3 fully saturated rings. The van der Waals surface area contributed by atoms with Crippen LogP contribution in [0.4, 0.5) is 0 Å². The van der Waals surface area contributed by atoms with Crippen molar-refractivity contribution in [2.24, 2.45) is 18.9 Å². The molecule has 2 aromatic carbocycles. The lowest BCUT2D eigenvalue weighted by atomic mass is 9.81. The minimum Gasteiger partial charge on any atom is -0.200 e. The summed E-state index contributed by atoms with van der Waals surface area (Å²) in [6, 6.07) is 14.8. The first-order valence-corrected chi connectivity index (χ1v) is 13.1. The maximum absolute atomic E-state index is 2.54. The van der Waals surface area contributed by atoms with E-state index in [0.717, 1.165) is 23.7 Å². The van der Waals surface area contributed by atoms with Crippen molar-refractivity contribution in [2.75, 3.05) is 0 Å². The highest BCUT2D eigenvalue weighted by atomic mass is 14.9. The molecule has 2 bridgehead atoms. The molecule has 6 rings (SSSR count). The SMILES string of the molecule is Cc1cc(C2CCCCC2)cc(-c2c3ccc(C4CC5CCC4C5)cc3cc[n+]2C)c1C. The zero-order chi connectivity index (χ0) is 21.8. The van der Waals surface area contributed by atoms with E-state index in [1.54, 1.807) is 11.1 Å². The number of nitrogens with zero attached hydrogens (tertiary/aromatic N) is 1. The normalized spacial score (nSPS) is 25.7. The van der Waals surface area contributed by atoms with Gasteiger partial charge in [0.25, 0.3) is 0 Å². The topological polar surface area (TPSA) is 3.88 Å². The van der Waals surface area contributed by atoms with E-state index in [2.05, 4.69) is 68.1 Å². The molecule has 3 saturated carbocycles. The molecule has 0 spiro atoms. The summed E-state index contributed by atoms with van der Waals surface area (Å²) in [6.45, 7) is 4.63. The van der Waals surface area contributed by atoms with Crippen LogP contribution < -0.4 is 4.57 Å². The van der Waals surface area contributed by atoms with Gasteiger partial charge in [-0.25, -0.2) is 4.57 Å². The number of benzene rings is 2. The summed E-state index contributed by atoms with van der Waals surface area (Å²) in [4.78, 5) is 0. The van der Waals surface area contributed by atoms with E-state index in [1.165, 1.54) is 90.9 Å². The second-order valence-corrected chi connectivity index (χ2v) is 11.2. The highest BCUT2D eigenvalue weighted by Gasteiger charge is 2.40. The summed E-state index contributed by atoms with van der Waals surface area (Å²) in [5.74, 6) is 3.48. The molecule has 32 heavy (non-hydrogen) atoms. The Hall–Kier alpha value is -2.15. The van der Waals surface area contributed by atoms with Gasteiger partial charge in [0, 0.05) is 6.07 Å². The summed E-state index contributed by atoms with van der Waals surface area (Å²) in [5.41, 5.74) is 8.86. The molecular weight excluding hydrogens is 386 g/mol. The molecule has 0 amide bonds. The molecule has 3 aliphatic carbocycles. The third-order valence-electron chi connectivity index (χ3n) is 9.35. The molecule has 1 nitrogen and oxygen atoms in total. The monoisotopic (exact) mass is 424 g/mol. The Labute approximate surface area is 193 Å². The highest BCUT2D eigenvalue weighted by Crippen LogP contribution is 2.53. The number of pyridine rings is 1. The number of rotatable bonds is 3. The van der Waals surface area contributed by atoms with Gasteiger partial charge in [-0.15, -0.1) is 0 Å². The molecule has 1 heteroatoms. The van der Waals surface area contributed by atoms with Gasteiger partial charge >= 0.3 is 0 Å². The van der Waals surface area contributed by atoms with E-state index in [0.29, 0.717) is 0 Å². The van der Waals surface area contributed by atoms with Crippen LogP contribution in [0.25, 0.3) is 22.0 Å². The number of hydrogen-bond acceptors (Lipinski definition) is 0. The fraction of sp³-hybridized carbons (Fsp3) is 0.516. The summed E-state index contributed by atoms with van der Waals surface area (Å²) >= 11 is 0. The van der Waals surface area contributed by atoms with Gasteiger partial charge in [-0.1, -0.05) is 43.9 Å². The Morgan fingerprint density at radius 3 is 2.41 bits per heavy atom. The van der Waals surface area contributed by atoms with Gasteiger partial charge in [0.15, 0.2) is 6.20 Å². The molecule has 3 aliphatic rings. The number of aryl methyl sites for hydroxylation is 2. The van der Waals surface area contributed by atoms with Crippen molar-refractivity contribution in [1.82, 2.24) is 0 Å². The summed E-state index contributed by atoms with van der Waals surface area (Å²) in [5, 5.41) is 2.82. The molecule has 166 valence electrons. The van der Waals surface area contributed by atoms with Gasteiger partial charge < -0.3 is 0 Å². The van der Waals surface area contributed by atoms with Crippen molar-refractivity contribution in [2.45, 2.75) is 83.5 Å². The molecule has 1 aromatic heterocycles. The first-order valence-electron chi connectivity index (χ1n) is 13.1. The minimum atomic E-state index is 0.742. The van der Waals surface area contributed by atoms with Crippen LogP contribution in [-0.2, 0) is 7.05 Å². The largest absolute Gasteiger partial charge is 0.220 e. The van der Waals surface area contributed by atoms with E-state index in [-0.39, 0.29) is 0 Å². The Balaban J connectivity index is 1.46. The fourth-order valence-electron chi connectivity index (χ4n) is 7.41. The van der Waals surface area contributed by atoms with Crippen LogP contribution in [0.3, 0.4) is 0 Å². The summed E-state index contributed by atoms with van der Waals surface area (Å²) < 4.78 is 2.35. The van der Waals surface area contributed by atoms with Crippen molar-refractivity contribution >= 4 is 10.8 Å². The standard InChI is InChI=1S/C31H38N/c1-20-15-27(23-7-5-4-6-8-23)19-29(21(20)2)31-28-12-11-25(18-26(28)13-14-32(31)3)30-17-22-9-10-24(30)16-22/h11-15,18-19,22-24,30H,4-10,16-17H2,1-3H3/q+1. The smallest absolute Gasteiger partial charge is 0.200 e. The van der Waals surface area contributed by atoms with E-state index in [1.807, 2.05) is 0 Å². The van der Waals surface area contributed by atoms with E-state index in [9.17, 15) is 0 Å². The summed E-state index contributed by atoms with van der Waals surface area (Å²) in [7, 11) is 2.22. The third-order valence-corrected chi connectivity index (χ3v) is 9.35. The number of aromatic nitrogens is 1. The lowest BCUT2D eigenvalue weighted by molar-refractivity contribution is -0.659. The average molecular weight is 425 g/mol. The van der Waals surface area contributed by atoms with Crippen LogP contribution >= 0.6 is 0 Å². The molecule has 3 aromatic rings. The zero-order valence-corrected chi connectivity index (χ0v) is 20.2. The molecule has 3 unspecified atom stereocenters. The fourth-order valence-corrected chi connectivity index (χ4v) is 7.41. The number of hydrogen-bond donors (Lipinski definition) is 0. The van der Waals surface area contributed by atoms with Crippen molar-refractivity contribution in [3.8, 4) is 11.3 Å². The van der Waals surface area contributed by atoms with E-state index < -0.39 is 0 Å². The Morgan fingerprint density at radius 2 is 1.66 bits per heavy atom. The van der Waals surface area contributed by atoms with E-state index >= 15 is 0 Å². The maximum atomic E-state index is 2.54. The molecule has 0 saturated heterocycles. The van der Waals surface area contributed by atoms with Gasteiger partial charge in [-0.3, -0.25) is 0 Å². The van der Waals surface area contributed by atoms with Crippen LogP contribution in [0.2, 0.25) is 0 Å². The van der Waals surface area contributed by atoms with Crippen molar-refractivity contribution in [3.05, 3.63) is 64.8 Å². The molecule has 3 atom stereocenters. The predicted molar refractivity (Wildman–Crippen MR) is 134 cm³/mol. The Kier molecular flexibility index (Phi) is 5.12. The lowest BCUT2D eigenvalue weighted by Gasteiger charge is -2.24. The van der Waals surface area contributed by atoms with E-state index in [4.69, 9.17) is 0 Å². The lowest BCUT2D eigenvalue weighted by Crippen LogP contribution is -2.31. The Morgan fingerprint density at radius 1 is 0.812 bits per heavy atom. The third kappa shape index (κ3) is 3.40. The van der Waals surface area contributed by atoms with Crippen molar-refractivity contribution in [1.29, 1.82) is 0 Å². The van der Waals surface area contributed by atoms with Crippen LogP contribution in [-0.4, -0.2) is 0 Å². The molecule has 0 N–H and O–H groups in total. The van der Waals surface area contributed by atoms with Gasteiger partial charge in [0.1, 0.15) is 7.05 Å². The van der Waals surface area contributed by atoms with Gasteiger partial charge in [0.2, 0.25) is 5.69 Å². The van der Waals surface area contributed by atoms with Crippen LogP contribution in [0.5, 0.6) is 0 Å². The first-order chi connectivity index (χ1) is 15.6. The highest BCUT2D eigenvalue weighted by molar-refractivity contribution is 5.94. The minimum absolute atomic E-state index is 0.742. The molecule has 0 radical (unpaired) electrons. The van der Waals surface area contributed by atoms with Crippen LogP contribution in [0, 0.1) is 25.7 Å². The van der Waals surface area contributed by atoms with Gasteiger partial charge in [0.05, 0.1) is 10.9 Å². The number of fused-ring (bicyclic) bond motifs is 3. The predicted octanol–water partition coefficient (Wildman–Crippen LogP) is 7.90.